The lowest BCUT2D eigenvalue weighted by Gasteiger charge is -2.09. The van der Waals surface area contributed by atoms with Crippen LogP contribution >= 0.6 is 0 Å². The maximum atomic E-state index is 5.79. The van der Waals surface area contributed by atoms with Crippen molar-refractivity contribution in [2.45, 2.75) is 57.9 Å². The molecule has 1 saturated heterocycles. The van der Waals surface area contributed by atoms with Gasteiger partial charge in [-0.05, 0) is 45.1 Å². The van der Waals surface area contributed by atoms with Crippen LogP contribution in [0.4, 0.5) is 0 Å². The standard InChI is InChI=1S/C13H22N4O/c1-10-2-5-13(18-10)9-17-8-12(15-16-17)7-14-6-11-3-4-11/h8,10-11,13-14H,2-7,9H2,1H3. The third-order valence-electron chi connectivity index (χ3n) is 3.73. The summed E-state index contributed by atoms with van der Waals surface area (Å²) in [5.74, 6) is 0.911. The van der Waals surface area contributed by atoms with Crippen LogP contribution in [0.1, 0.15) is 38.3 Å². The minimum atomic E-state index is 0.314. The van der Waals surface area contributed by atoms with E-state index in [1.807, 2.05) is 10.9 Å². The molecule has 2 heterocycles. The molecule has 18 heavy (non-hydrogen) atoms. The van der Waals surface area contributed by atoms with E-state index in [0.29, 0.717) is 12.2 Å². The van der Waals surface area contributed by atoms with Gasteiger partial charge in [-0.1, -0.05) is 5.21 Å². The van der Waals surface area contributed by atoms with Gasteiger partial charge in [-0.25, -0.2) is 4.68 Å². The fourth-order valence-corrected chi connectivity index (χ4v) is 2.46. The zero-order valence-electron chi connectivity index (χ0n) is 11.0. The van der Waals surface area contributed by atoms with Crippen molar-refractivity contribution in [3.8, 4) is 0 Å². The van der Waals surface area contributed by atoms with Crippen molar-refractivity contribution in [3.63, 3.8) is 0 Å². The van der Waals surface area contributed by atoms with E-state index in [1.54, 1.807) is 0 Å². The quantitative estimate of drug-likeness (QED) is 0.828. The number of hydrogen-bond acceptors (Lipinski definition) is 4. The predicted molar refractivity (Wildman–Crippen MR) is 68.0 cm³/mol. The SMILES string of the molecule is CC1CCC(Cn2cc(CNCC3CC3)nn2)O1. The highest BCUT2D eigenvalue weighted by Gasteiger charge is 2.22. The largest absolute Gasteiger partial charge is 0.373 e. The molecule has 1 aromatic rings. The minimum absolute atomic E-state index is 0.314. The maximum absolute atomic E-state index is 5.79. The van der Waals surface area contributed by atoms with Gasteiger partial charge >= 0.3 is 0 Å². The summed E-state index contributed by atoms with van der Waals surface area (Å²) in [6, 6.07) is 0. The van der Waals surface area contributed by atoms with Gasteiger partial charge in [0, 0.05) is 12.7 Å². The molecule has 0 amide bonds. The lowest BCUT2D eigenvalue weighted by molar-refractivity contribution is 0.0434. The van der Waals surface area contributed by atoms with Crippen molar-refractivity contribution in [2.24, 2.45) is 5.92 Å². The van der Waals surface area contributed by atoms with Crippen LogP contribution < -0.4 is 5.32 Å². The van der Waals surface area contributed by atoms with E-state index in [1.165, 1.54) is 12.8 Å². The molecule has 0 aromatic carbocycles. The Kier molecular flexibility index (Phi) is 3.61. The van der Waals surface area contributed by atoms with Crippen molar-refractivity contribution in [1.82, 2.24) is 20.3 Å². The Hall–Kier alpha value is -0.940. The second-order valence-electron chi connectivity index (χ2n) is 5.65. The molecule has 2 unspecified atom stereocenters. The Morgan fingerprint density at radius 3 is 3.00 bits per heavy atom. The van der Waals surface area contributed by atoms with Crippen molar-refractivity contribution in [3.05, 3.63) is 11.9 Å². The first-order valence-electron chi connectivity index (χ1n) is 7.05. The Morgan fingerprint density at radius 1 is 1.39 bits per heavy atom. The monoisotopic (exact) mass is 250 g/mol. The highest BCUT2D eigenvalue weighted by molar-refractivity contribution is 4.92. The lowest BCUT2D eigenvalue weighted by atomic mass is 10.2. The van der Waals surface area contributed by atoms with Crippen molar-refractivity contribution >= 4 is 0 Å². The third-order valence-corrected chi connectivity index (χ3v) is 3.73. The van der Waals surface area contributed by atoms with Gasteiger partial charge in [-0.2, -0.15) is 0 Å². The average Bonchev–Trinajstić information content (AvgIpc) is 2.92. The molecular formula is C13H22N4O. The molecule has 5 nitrogen and oxygen atoms in total. The second-order valence-corrected chi connectivity index (χ2v) is 5.65. The zero-order chi connectivity index (χ0) is 12.4. The highest BCUT2D eigenvalue weighted by Crippen LogP contribution is 2.27. The Morgan fingerprint density at radius 2 is 2.28 bits per heavy atom. The van der Waals surface area contributed by atoms with Crippen LogP contribution in [0.2, 0.25) is 0 Å². The number of aromatic nitrogens is 3. The van der Waals surface area contributed by atoms with Gasteiger partial charge in [0.05, 0.1) is 24.4 Å². The summed E-state index contributed by atoms with van der Waals surface area (Å²) in [7, 11) is 0. The minimum Gasteiger partial charge on any atom is -0.373 e. The van der Waals surface area contributed by atoms with Gasteiger partial charge in [-0.15, -0.1) is 5.10 Å². The second kappa shape index (κ2) is 5.36. The third kappa shape index (κ3) is 3.29. The summed E-state index contributed by atoms with van der Waals surface area (Å²) in [5, 5.41) is 11.8. The molecule has 2 fully saturated rings. The van der Waals surface area contributed by atoms with E-state index >= 15 is 0 Å². The molecule has 1 aliphatic heterocycles. The molecule has 1 saturated carbocycles. The molecular weight excluding hydrogens is 228 g/mol. The molecule has 2 aliphatic rings. The van der Waals surface area contributed by atoms with Crippen LogP contribution in [-0.2, 0) is 17.8 Å². The molecule has 1 aliphatic carbocycles. The van der Waals surface area contributed by atoms with E-state index in [0.717, 1.165) is 44.1 Å². The Labute approximate surface area is 108 Å². The Balaban J connectivity index is 1.43. The maximum Gasteiger partial charge on any atom is 0.0964 e. The van der Waals surface area contributed by atoms with E-state index in [9.17, 15) is 0 Å². The summed E-state index contributed by atoms with van der Waals surface area (Å²) < 4.78 is 7.70. The molecule has 100 valence electrons. The number of ether oxygens (including phenoxy) is 1. The summed E-state index contributed by atoms with van der Waals surface area (Å²) >= 11 is 0. The highest BCUT2D eigenvalue weighted by atomic mass is 16.5. The smallest absolute Gasteiger partial charge is 0.0964 e. The Bertz CT molecular complexity index is 388. The molecule has 0 bridgehead atoms. The summed E-state index contributed by atoms with van der Waals surface area (Å²) in [4.78, 5) is 0. The first kappa shape index (κ1) is 12.1. The molecule has 0 radical (unpaired) electrons. The van der Waals surface area contributed by atoms with E-state index < -0.39 is 0 Å². The fourth-order valence-electron chi connectivity index (χ4n) is 2.46. The van der Waals surface area contributed by atoms with Gasteiger partial charge in [0.15, 0.2) is 0 Å². The summed E-state index contributed by atoms with van der Waals surface area (Å²) in [6.45, 7) is 4.92. The number of nitrogens with one attached hydrogen (secondary N) is 1. The topological polar surface area (TPSA) is 52.0 Å². The van der Waals surface area contributed by atoms with E-state index in [-0.39, 0.29) is 0 Å². The van der Waals surface area contributed by atoms with Gasteiger partial charge in [0.25, 0.3) is 0 Å². The van der Waals surface area contributed by atoms with Crippen LogP contribution in [0.15, 0.2) is 6.20 Å². The normalized spacial score (nSPS) is 27.8. The van der Waals surface area contributed by atoms with E-state index in [4.69, 9.17) is 4.74 Å². The first-order chi connectivity index (χ1) is 8.79. The van der Waals surface area contributed by atoms with Crippen LogP contribution in [0.3, 0.4) is 0 Å². The van der Waals surface area contributed by atoms with Crippen molar-refractivity contribution in [1.29, 1.82) is 0 Å². The zero-order valence-corrected chi connectivity index (χ0v) is 11.0. The molecule has 1 aromatic heterocycles. The average molecular weight is 250 g/mol. The van der Waals surface area contributed by atoms with Crippen LogP contribution in [-0.4, -0.2) is 33.7 Å². The van der Waals surface area contributed by atoms with Gasteiger partial charge in [0.1, 0.15) is 0 Å². The summed E-state index contributed by atoms with van der Waals surface area (Å²) in [5.41, 5.74) is 1.03. The molecule has 2 atom stereocenters. The van der Waals surface area contributed by atoms with Crippen LogP contribution in [0, 0.1) is 5.92 Å². The van der Waals surface area contributed by atoms with Crippen LogP contribution in [0.5, 0.6) is 0 Å². The van der Waals surface area contributed by atoms with Gasteiger partial charge in [0.2, 0.25) is 0 Å². The van der Waals surface area contributed by atoms with Crippen molar-refractivity contribution in [2.75, 3.05) is 6.54 Å². The lowest BCUT2D eigenvalue weighted by Crippen LogP contribution is -2.17. The molecule has 3 rings (SSSR count). The summed E-state index contributed by atoms with van der Waals surface area (Å²) in [6.07, 6.45) is 7.82. The van der Waals surface area contributed by atoms with Gasteiger partial charge in [-0.3, -0.25) is 0 Å². The molecule has 0 spiro atoms. The number of nitrogens with zero attached hydrogens (tertiary/aromatic N) is 3. The predicted octanol–water partition coefficient (Wildman–Crippen LogP) is 1.35. The van der Waals surface area contributed by atoms with Crippen molar-refractivity contribution < 1.29 is 4.74 Å². The van der Waals surface area contributed by atoms with Gasteiger partial charge < -0.3 is 10.1 Å². The van der Waals surface area contributed by atoms with Crippen LogP contribution in [0.25, 0.3) is 0 Å². The van der Waals surface area contributed by atoms with E-state index in [2.05, 4.69) is 22.6 Å². The first-order valence-corrected chi connectivity index (χ1v) is 7.05. The fraction of sp³-hybridized carbons (Fsp3) is 0.846. The molecule has 1 N–H and O–H groups in total. The number of rotatable bonds is 6. The number of hydrogen-bond donors (Lipinski definition) is 1. The molecule has 5 heteroatoms.